The highest BCUT2D eigenvalue weighted by atomic mass is 32.1. The lowest BCUT2D eigenvalue weighted by Gasteiger charge is -2.14. The summed E-state index contributed by atoms with van der Waals surface area (Å²) in [6, 6.07) is 3.86. The zero-order valence-electron chi connectivity index (χ0n) is 10.1. The minimum absolute atomic E-state index is 0.123. The van der Waals surface area contributed by atoms with Crippen molar-refractivity contribution >= 4 is 17.2 Å². The fourth-order valence-corrected chi connectivity index (χ4v) is 2.31. The highest BCUT2D eigenvalue weighted by molar-refractivity contribution is 7.09. The Morgan fingerprint density at radius 2 is 2.29 bits per heavy atom. The quantitative estimate of drug-likeness (QED) is 0.904. The highest BCUT2D eigenvalue weighted by Gasteiger charge is 2.12. The summed E-state index contributed by atoms with van der Waals surface area (Å²) in [5.41, 5.74) is 1.05. The number of pyridine rings is 1. The molecule has 4 nitrogen and oxygen atoms in total. The lowest BCUT2D eigenvalue weighted by molar-refractivity contribution is 0.414. The third kappa shape index (κ3) is 2.74. The molecule has 0 saturated carbocycles. The summed E-state index contributed by atoms with van der Waals surface area (Å²) in [7, 11) is 1.64. The van der Waals surface area contributed by atoms with Crippen LogP contribution in [-0.4, -0.2) is 17.1 Å². The summed E-state index contributed by atoms with van der Waals surface area (Å²) in [5, 5.41) is 6.40. The molecular formula is C12H15N3OS. The summed E-state index contributed by atoms with van der Waals surface area (Å²) in [6.45, 7) is 4.06. The molecule has 1 atom stereocenters. The van der Waals surface area contributed by atoms with Crippen LogP contribution in [0.1, 0.15) is 23.7 Å². The number of nitrogens with one attached hydrogen (secondary N) is 1. The van der Waals surface area contributed by atoms with Gasteiger partial charge in [0.1, 0.15) is 5.01 Å². The first-order valence-electron chi connectivity index (χ1n) is 5.38. The average Bonchev–Trinajstić information content (AvgIpc) is 2.77. The van der Waals surface area contributed by atoms with Gasteiger partial charge in [-0.3, -0.25) is 0 Å². The van der Waals surface area contributed by atoms with Gasteiger partial charge < -0.3 is 10.1 Å². The Hall–Kier alpha value is -1.62. The number of ether oxygens (including phenoxy) is 1. The van der Waals surface area contributed by atoms with E-state index < -0.39 is 0 Å². The predicted molar refractivity (Wildman–Crippen MR) is 69.7 cm³/mol. The molecule has 0 radical (unpaired) electrons. The maximum absolute atomic E-state index is 5.25. The first-order valence-corrected chi connectivity index (χ1v) is 6.26. The second-order valence-electron chi connectivity index (χ2n) is 3.75. The van der Waals surface area contributed by atoms with Crippen molar-refractivity contribution in [3.05, 3.63) is 34.4 Å². The smallest absolute Gasteiger partial charge is 0.169 e. The first-order chi connectivity index (χ1) is 8.20. The Morgan fingerprint density at radius 3 is 2.94 bits per heavy atom. The molecule has 2 rings (SSSR count). The van der Waals surface area contributed by atoms with E-state index in [4.69, 9.17) is 4.74 Å². The van der Waals surface area contributed by atoms with Crippen LogP contribution in [0.25, 0.3) is 0 Å². The molecule has 1 N–H and O–H groups in total. The van der Waals surface area contributed by atoms with Crippen LogP contribution in [0.2, 0.25) is 0 Å². The molecule has 2 heterocycles. The van der Waals surface area contributed by atoms with Gasteiger partial charge in [0.15, 0.2) is 11.6 Å². The van der Waals surface area contributed by atoms with Crippen molar-refractivity contribution in [3.63, 3.8) is 0 Å². The van der Waals surface area contributed by atoms with Crippen molar-refractivity contribution in [1.82, 2.24) is 9.97 Å². The fourth-order valence-electron chi connectivity index (χ4n) is 1.50. The molecule has 17 heavy (non-hydrogen) atoms. The standard InChI is InChI=1S/C12H15N3OS/c1-8-7-17-12(14-8)9(2)15-11-10(16-3)5-4-6-13-11/h4-7,9H,1-3H3,(H,13,15). The summed E-state index contributed by atoms with van der Waals surface area (Å²) in [6.07, 6.45) is 1.74. The van der Waals surface area contributed by atoms with Gasteiger partial charge in [-0.2, -0.15) is 0 Å². The van der Waals surface area contributed by atoms with Gasteiger partial charge in [-0.25, -0.2) is 9.97 Å². The van der Waals surface area contributed by atoms with E-state index in [1.165, 1.54) is 0 Å². The largest absolute Gasteiger partial charge is 0.493 e. The number of aromatic nitrogens is 2. The zero-order chi connectivity index (χ0) is 12.3. The molecule has 0 saturated heterocycles. The van der Waals surface area contributed by atoms with E-state index in [1.807, 2.05) is 24.4 Å². The summed E-state index contributed by atoms with van der Waals surface area (Å²) in [5.74, 6) is 1.49. The molecule has 90 valence electrons. The van der Waals surface area contributed by atoms with Crippen molar-refractivity contribution < 1.29 is 4.74 Å². The minimum atomic E-state index is 0.123. The number of anilines is 1. The molecule has 1 unspecified atom stereocenters. The normalized spacial score (nSPS) is 12.2. The molecule has 0 aliphatic carbocycles. The molecular weight excluding hydrogens is 234 g/mol. The van der Waals surface area contributed by atoms with Gasteiger partial charge >= 0.3 is 0 Å². The number of rotatable bonds is 4. The van der Waals surface area contributed by atoms with Crippen molar-refractivity contribution in [2.45, 2.75) is 19.9 Å². The second-order valence-corrected chi connectivity index (χ2v) is 4.64. The predicted octanol–water partition coefficient (Wildman–Crippen LogP) is 3.03. The van der Waals surface area contributed by atoms with Crippen LogP contribution in [0, 0.1) is 6.92 Å². The van der Waals surface area contributed by atoms with E-state index in [-0.39, 0.29) is 6.04 Å². The summed E-state index contributed by atoms with van der Waals surface area (Å²) >= 11 is 1.65. The molecule has 2 aromatic rings. The molecule has 0 amide bonds. The van der Waals surface area contributed by atoms with Crippen molar-refractivity contribution in [1.29, 1.82) is 0 Å². The highest BCUT2D eigenvalue weighted by Crippen LogP contribution is 2.26. The molecule has 2 aromatic heterocycles. The van der Waals surface area contributed by atoms with Crippen LogP contribution >= 0.6 is 11.3 Å². The van der Waals surface area contributed by atoms with Gasteiger partial charge in [-0.15, -0.1) is 11.3 Å². The number of hydrogen-bond acceptors (Lipinski definition) is 5. The molecule has 0 spiro atoms. The van der Waals surface area contributed by atoms with E-state index in [0.29, 0.717) is 0 Å². The lowest BCUT2D eigenvalue weighted by atomic mass is 10.3. The first kappa shape index (κ1) is 11.9. The van der Waals surface area contributed by atoms with Gasteiger partial charge in [0.25, 0.3) is 0 Å². The minimum Gasteiger partial charge on any atom is -0.493 e. The average molecular weight is 249 g/mol. The third-order valence-electron chi connectivity index (χ3n) is 2.35. The van der Waals surface area contributed by atoms with Gasteiger partial charge in [-0.05, 0) is 26.0 Å². The summed E-state index contributed by atoms with van der Waals surface area (Å²) < 4.78 is 5.25. The van der Waals surface area contributed by atoms with Crippen LogP contribution in [-0.2, 0) is 0 Å². The molecule has 0 aliphatic heterocycles. The van der Waals surface area contributed by atoms with E-state index >= 15 is 0 Å². The fraction of sp³-hybridized carbons (Fsp3) is 0.333. The van der Waals surface area contributed by atoms with Crippen molar-refractivity contribution in [3.8, 4) is 5.75 Å². The number of methoxy groups -OCH3 is 1. The van der Waals surface area contributed by atoms with Crippen LogP contribution in [0.5, 0.6) is 5.75 Å². The molecule has 5 heteroatoms. The van der Waals surface area contributed by atoms with Crippen LogP contribution in [0.3, 0.4) is 0 Å². The third-order valence-corrected chi connectivity index (χ3v) is 3.50. The maximum atomic E-state index is 5.25. The van der Waals surface area contributed by atoms with Crippen molar-refractivity contribution in [2.75, 3.05) is 12.4 Å². The summed E-state index contributed by atoms with van der Waals surface area (Å²) in [4.78, 5) is 8.71. The Balaban J connectivity index is 2.15. The topological polar surface area (TPSA) is 47.0 Å². The molecule has 0 fully saturated rings. The van der Waals surface area contributed by atoms with Crippen LogP contribution in [0.15, 0.2) is 23.7 Å². The Bertz CT molecular complexity index is 498. The molecule has 0 bridgehead atoms. The van der Waals surface area contributed by atoms with Gasteiger partial charge in [0.05, 0.1) is 13.2 Å². The number of thiazole rings is 1. The van der Waals surface area contributed by atoms with Crippen molar-refractivity contribution in [2.24, 2.45) is 0 Å². The van der Waals surface area contributed by atoms with E-state index in [1.54, 1.807) is 24.6 Å². The van der Waals surface area contributed by atoms with E-state index in [2.05, 4.69) is 22.2 Å². The Labute approximate surface area is 105 Å². The SMILES string of the molecule is COc1cccnc1NC(C)c1nc(C)cs1. The van der Waals surface area contributed by atoms with Gasteiger partial charge in [-0.1, -0.05) is 0 Å². The maximum Gasteiger partial charge on any atom is 0.169 e. The number of aryl methyl sites for hydroxylation is 1. The number of nitrogens with zero attached hydrogens (tertiary/aromatic N) is 2. The second kappa shape index (κ2) is 5.14. The monoisotopic (exact) mass is 249 g/mol. The number of hydrogen-bond donors (Lipinski definition) is 1. The Kier molecular flexibility index (Phi) is 3.58. The molecule has 0 aliphatic rings. The van der Waals surface area contributed by atoms with Gasteiger partial charge in [0, 0.05) is 17.3 Å². The van der Waals surface area contributed by atoms with E-state index in [9.17, 15) is 0 Å². The zero-order valence-corrected chi connectivity index (χ0v) is 10.9. The van der Waals surface area contributed by atoms with Gasteiger partial charge in [0.2, 0.25) is 0 Å². The van der Waals surface area contributed by atoms with E-state index in [0.717, 1.165) is 22.3 Å². The lowest BCUT2D eigenvalue weighted by Crippen LogP contribution is -2.08. The van der Waals surface area contributed by atoms with Crippen LogP contribution in [0.4, 0.5) is 5.82 Å². The Morgan fingerprint density at radius 1 is 1.47 bits per heavy atom. The molecule has 0 aromatic carbocycles. The van der Waals surface area contributed by atoms with Crippen LogP contribution < -0.4 is 10.1 Å².